The molecule has 0 spiro atoms. The van der Waals surface area contributed by atoms with Crippen molar-refractivity contribution in [2.75, 3.05) is 14.2 Å². The smallest absolute Gasteiger partial charge is 0.274 e. The van der Waals surface area contributed by atoms with Crippen LogP contribution in [0.15, 0.2) is 12.3 Å². The van der Waals surface area contributed by atoms with E-state index in [0.29, 0.717) is 5.02 Å². The van der Waals surface area contributed by atoms with Crippen LogP contribution in [0, 0.1) is 0 Å². The molecule has 0 unspecified atom stereocenters. The number of nitrogens with zero attached hydrogens (tertiary/aromatic N) is 3. The molecule has 0 radical (unpaired) electrons. The quantitative estimate of drug-likeness (QED) is 0.663. The molecule has 70 valence electrons. The lowest BCUT2D eigenvalue weighted by molar-refractivity contribution is -0.0761. The molecular formula is C7H8ClN3O2. The maximum absolute atomic E-state index is 11.4. The van der Waals surface area contributed by atoms with E-state index in [9.17, 15) is 4.79 Å². The highest BCUT2D eigenvalue weighted by Gasteiger charge is 2.13. The molecule has 1 amide bonds. The Morgan fingerprint density at radius 2 is 2.38 bits per heavy atom. The van der Waals surface area contributed by atoms with Crippen molar-refractivity contribution >= 4 is 17.5 Å². The van der Waals surface area contributed by atoms with Crippen molar-refractivity contribution in [2.24, 2.45) is 0 Å². The van der Waals surface area contributed by atoms with Crippen LogP contribution < -0.4 is 0 Å². The van der Waals surface area contributed by atoms with Gasteiger partial charge in [0.05, 0.1) is 18.3 Å². The van der Waals surface area contributed by atoms with Gasteiger partial charge in [0.1, 0.15) is 0 Å². The zero-order chi connectivity index (χ0) is 9.84. The summed E-state index contributed by atoms with van der Waals surface area (Å²) in [5, 5.41) is 8.55. The average molecular weight is 202 g/mol. The molecule has 0 bridgehead atoms. The summed E-state index contributed by atoms with van der Waals surface area (Å²) in [7, 11) is 2.86. The second-order valence-corrected chi connectivity index (χ2v) is 2.68. The minimum atomic E-state index is -0.391. The molecular weight excluding hydrogens is 194 g/mol. The van der Waals surface area contributed by atoms with Gasteiger partial charge in [-0.2, -0.15) is 5.10 Å². The largest absolute Gasteiger partial charge is 0.297 e. The predicted octanol–water partition coefficient (Wildman–Crippen LogP) is 0.763. The van der Waals surface area contributed by atoms with Crippen LogP contribution in [0.4, 0.5) is 0 Å². The fourth-order valence-corrected chi connectivity index (χ4v) is 0.839. The molecule has 0 fully saturated rings. The van der Waals surface area contributed by atoms with Crippen LogP contribution >= 0.6 is 11.6 Å². The van der Waals surface area contributed by atoms with E-state index in [2.05, 4.69) is 15.0 Å². The third-order valence-corrected chi connectivity index (χ3v) is 1.61. The first-order valence-corrected chi connectivity index (χ1v) is 3.83. The highest BCUT2D eigenvalue weighted by molar-refractivity contribution is 6.30. The van der Waals surface area contributed by atoms with Gasteiger partial charge in [0.2, 0.25) is 0 Å². The Kier molecular flexibility index (Phi) is 3.16. The number of aromatic nitrogens is 2. The van der Waals surface area contributed by atoms with Crippen LogP contribution in [-0.2, 0) is 4.84 Å². The molecule has 0 atom stereocenters. The fraction of sp³-hybridized carbons (Fsp3) is 0.286. The van der Waals surface area contributed by atoms with Crippen molar-refractivity contribution in [1.82, 2.24) is 15.3 Å². The summed E-state index contributed by atoms with van der Waals surface area (Å²) < 4.78 is 0. The van der Waals surface area contributed by atoms with Crippen LogP contribution in [0.3, 0.4) is 0 Å². The lowest BCUT2D eigenvalue weighted by Crippen LogP contribution is -2.26. The van der Waals surface area contributed by atoms with Gasteiger partial charge in [-0.05, 0) is 6.07 Å². The minimum absolute atomic E-state index is 0.150. The van der Waals surface area contributed by atoms with Gasteiger partial charge in [-0.15, -0.1) is 5.10 Å². The maximum Gasteiger partial charge on any atom is 0.297 e. The van der Waals surface area contributed by atoms with Gasteiger partial charge in [0, 0.05) is 7.05 Å². The predicted molar refractivity (Wildman–Crippen MR) is 46.1 cm³/mol. The summed E-state index contributed by atoms with van der Waals surface area (Å²) >= 11 is 5.62. The first kappa shape index (κ1) is 9.88. The number of carbonyl (C=O) groups excluding carboxylic acids is 1. The molecule has 5 nitrogen and oxygen atoms in total. The molecule has 0 aliphatic heterocycles. The molecule has 1 rings (SSSR count). The molecule has 1 heterocycles. The van der Waals surface area contributed by atoms with Gasteiger partial charge >= 0.3 is 0 Å². The minimum Gasteiger partial charge on any atom is -0.274 e. The number of hydroxylamine groups is 2. The van der Waals surface area contributed by atoms with Crippen LogP contribution in [0.5, 0.6) is 0 Å². The highest BCUT2D eigenvalue weighted by Crippen LogP contribution is 2.07. The molecule has 0 N–H and O–H groups in total. The lowest BCUT2D eigenvalue weighted by atomic mass is 10.4. The number of hydrogen-bond acceptors (Lipinski definition) is 4. The Balaban J connectivity index is 2.89. The van der Waals surface area contributed by atoms with Crippen molar-refractivity contribution < 1.29 is 9.63 Å². The SMILES string of the molecule is CON(C)C(=O)c1cc(Cl)cnn1. The molecule has 1 aromatic rings. The molecule has 0 aromatic carbocycles. The molecule has 0 saturated heterocycles. The van der Waals surface area contributed by atoms with Crippen molar-refractivity contribution in [3.63, 3.8) is 0 Å². The van der Waals surface area contributed by atoms with E-state index in [1.807, 2.05) is 0 Å². The summed E-state index contributed by atoms with van der Waals surface area (Å²) in [6.07, 6.45) is 1.35. The van der Waals surface area contributed by atoms with Crippen molar-refractivity contribution in [3.8, 4) is 0 Å². The second-order valence-electron chi connectivity index (χ2n) is 2.24. The van der Waals surface area contributed by atoms with Crippen LogP contribution in [0.25, 0.3) is 0 Å². The van der Waals surface area contributed by atoms with Crippen LogP contribution in [0.2, 0.25) is 5.02 Å². The zero-order valence-electron chi connectivity index (χ0n) is 7.19. The van der Waals surface area contributed by atoms with E-state index in [0.717, 1.165) is 5.06 Å². The Morgan fingerprint density at radius 3 is 2.92 bits per heavy atom. The fourth-order valence-electron chi connectivity index (χ4n) is 0.692. The summed E-state index contributed by atoms with van der Waals surface area (Å²) in [6, 6.07) is 1.42. The third-order valence-electron chi connectivity index (χ3n) is 1.40. The molecule has 0 aliphatic carbocycles. The van der Waals surface area contributed by atoms with Crippen molar-refractivity contribution in [2.45, 2.75) is 0 Å². The first-order chi connectivity index (χ1) is 6.15. The Labute approximate surface area is 80.2 Å². The van der Waals surface area contributed by atoms with Crippen molar-refractivity contribution in [3.05, 3.63) is 23.0 Å². The molecule has 0 aliphatic rings. The highest BCUT2D eigenvalue weighted by atomic mass is 35.5. The van der Waals surface area contributed by atoms with Gasteiger partial charge in [0.25, 0.3) is 5.91 Å². The van der Waals surface area contributed by atoms with Crippen LogP contribution in [-0.4, -0.2) is 35.3 Å². The van der Waals surface area contributed by atoms with E-state index < -0.39 is 5.91 Å². The number of carbonyl (C=O) groups is 1. The molecule has 13 heavy (non-hydrogen) atoms. The molecule has 6 heteroatoms. The Hall–Kier alpha value is -1.20. The molecule has 0 saturated carbocycles. The summed E-state index contributed by atoms with van der Waals surface area (Å²) in [5.41, 5.74) is 0.150. The van der Waals surface area contributed by atoms with Gasteiger partial charge in [-0.1, -0.05) is 11.6 Å². The number of rotatable bonds is 2. The normalized spacial score (nSPS) is 9.77. The van der Waals surface area contributed by atoms with Gasteiger partial charge < -0.3 is 0 Å². The number of hydrogen-bond donors (Lipinski definition) is 0. The monoisotopic (exact) mass is 201 g/mol. The van der Waals surface area contributed by atoms with E-state index in [-0.39, 0.29) is 5.69 Å². The van der Waals surface area contributed by atoms with Gasteiger partial charge in [-0.25, -0.2) is 5.06 Å². The summed E-state index contributed by atoms with van der Waals surface area (Å²) in [5.74, 6) is -0.391. The standard InChI is InChI=1S/C7H8ClN3O2/c1-11(13-2)7(12)6-3-5(8)4-9-10-6/h3-4H,1-2H3. The third kappa shape index (κ3) is 2.37. The second kappa shape index (κ2) is 4.15. The Bertz CT molecular complexity index is 318. The first-order valence-electron chi connectivity index (χ1n) is 3.45. The van der Waals surface area contributed by atoms with Gasteiger partial charge in [0.15, 0.2) is 5.69 Å². The zero-order valence-corrected chi connectivity index (χ0v) is 7.95. The van der Waals surface area contributed by atoms with Gasteiger partial charge in [-0.3, -0.25) is 9.63 Å². The maximum atomic E-state index is 11.4. The van der Waals surface area contributed by atoms with Crippen molar-refractivity contribution in [1.29, 1.82) is 0 Å². The molecule has 1 aromatic heterocycles. The van der Waals surface area contributed by atoms with Crippen LogP contribution in [0.1, 0.15) is 10.5 Å². The summed E-state index contributed by atoms with van der Waals surface area (Å²) in [6.45, 7) is 0. The van der Waals surface area contributed by atoms with E-state index in [1.165, 1.54) is 26.4 Å². The lowest BCUT2D eigenvalue weighted by Gasteiger charge is -2.11. The topological polar surface area (TPSA) is 55.3 Å². The van der Waals surface area contributed by atoms with E-state index in [4.69, 9.17) is 11.6 Å². The number of amides is 1. The Morgan fingerprint density at radius 1 is 1.69 bits per heavy atom. The van der Waals surface area contributed by atoms with E-state index in [1.54, 1.807) is 0 Å². The number of halogens is 1. The average Bonchev–Trinajstić information content (AvgIpc) is 2.15. The summed E-state index contributed by atoms with van der Waals surface area (Å²) in [4.78, 5) is 16.0. The van der Waals surface area contributed by atoms with E-state index >= 15 is 0 Å².